The maximum Gasteiger partial charge on any atom is 0.258 e. The Bertz CT molecular complexity index is 686. The lowest BCUT2D eigenvalue weighted by Gasteiger charge is -2.14. The molecule has 2 rings (SSSR count). The second-order valence-electron chi connectivity index (χ2n) is 4.53. The smallest absolute Gasteiger partial charge is 0.258 e. The van der Waals surface area contributed by atoms with Crippen LogP contribution in [0.4, 0.5) is 8.78 Å². The standard InChI is InChI=1S/C15H12ClF2NO3/c16-10-4-2-1-3-9(10)13(21)7-19-15(22)14-11(18)5-8(17)6-12(14)20/h1-6,13,20-21H,7H2,(H,19,22). The monoisotopic (exact) mass is 327 g/mol. The molecule has 0 aromatic heterocycles. The fraction of sp³-hybridized carbons (Fsp3) is 0.133. The Morgan fingerprint density at radius 2 is 1.95 bits per heavy atom. The molecule has 4 nitrogen and oxygen atoms in total. The Kier molecular flexibility index (Phi) is 4.95. The summed E-state index contributed by atoms with van der Waals surface area (Å²) in [4.78, 5) is 11.8. The lowest BCUT2D eigenvalue weighted by atomic mass is 10.1. The van der Waals surface area contributed by atoms with E-state index in [-0.39, 0.29) is 6.54 Å². The van der Waals surface area contributed by atoms with E-state index in [1.807, 2.05) is 0 Å². The van der Waals surface area contributed by atoms with Gasteiger partial charge in [-0.15, -0.1) is 0 Å². The molecule has 1 unspecified atom stereocenters. The molecule has 1 atom stereocenters. The highest BCUT2D eigenvalue weighted by atomic mass is 35.5. The minimum atomic E-state index is -1.19. The van der Waals surface area contributed by atoms with Crippen LogP contribution < -0.4 is 5.32 Å². The number of carbonyl (C=O) groups is 1. The fourth-order valence-electron chi connectivity index (χ4n) is 1.92. The number of phenolic OH excluding ortho intramolecular Hbond substituents is 1. The van der Waals surface area contributed by atoms with Gasteiger partial charge in [0.25, 0.3) is 5.91 Å². The molecule has 0 bridgehead atoms. The highest BCUT2D eigenvalue weighted by Crippen LogP contribution is 2.24. The zero-order valence-electron chi connectivity index (χ0n) is 11.2. The van der Waals surface area contributed by atoms with Gasteiger partial charge in [-0.3, -0.25) is 4.79 Å². The number of aromatic hydroxyl groups is 1. The Hall–Kier alpha value is -2.18. The van der Waals surface area contributed by atoms with Gasteiger partial charge < -0.3 is 15.5 Å². The predicted molar refractivity (Wildman–Crippen MR) is 76.8 cm³/mol. The summed E-state index contributed by atoms with van der Waals surface area (Å²) in [6.07, 6.45) is -1.11. The largest absolute Gasteiger partial charge is 0.507 e. The molecule has 0 saturated carbocycles. The highest BCUT2D eigenvalue weighted by Gasteiger charge is 2.20. The third-order valence-corrected chi connectivity index (χ3v) is 3.33. The van der Waals surface area contributed by atoms with Crippen molar-refractivity contribution in [3.63, 3.8) is 0 Å². The topological polar surface area (TPSA) is 69.6 Å². The molecule has 2 aromatic rings. The van der Waals surface area contributed by atoms with Crippen molar-refractivity contribution in [1.29, 1.82) is 0 Å². The van der Waals surface area contributed by atoms with Crippen LogP contribution in [0.15, 0.2) is 36.4 Å². The second kappa shape index (κ2) is 6.72. The van der Waals surface area contributed by atoms with E-state index in [1.165, 1.54) is 0 Å². The molecule has 3 N–H and O–H groups in total. The number of phenols is 1. The summed E-state index contributed by atoms with van der Waals surface area (Å²) in [5.41, 5.74) is -0.291. The number of rotatable bonds is 4. The van der Waals surface area contributed by atoms with Crippen molar-refractivity contribution in [2.75, 3.05) is 6.54 Å². The molecule has 0 radical (unpaired) electrons. The van der Waals surface area contributed by atoms with Crippen LogP contribution in [0.1, 0.15) is 22.0 Å². The van der Waals surface area contributed by atoms with Gasteiger partial charge in [-0.25, -0.2) is 8.78 Å². The van der Waals surface area contributed by atoms with Crippen molar-refractivity contribution >= 4 is 17.5 Å². The van der Waals surface area contributed by atoms with Crippen LogP contribution >= 0.6 is 11.6 Å². The molecule has 22 heavy (non-hydrogen) atoms. The van der Waals surface area contributed by atoms with Gasteiger partial charge in [0.1, 0.15) is 22.9 Å². The number of halogens is 3. The van der Waals surface area contributed by atoms with Gasteiger partial charge in [0, 0.05) is 29.3 Å². The molecule has 0 saturated heterocycles. The van der Waals surface area contributed by atoms with Crippen molar-refractivity contribution in [2.24, 2.45) is 0 Å². The maximum absolute atomic E-state index is 13.5. The van der Waals surface area contributed by atoms with Crippen molar-refractivity contribution in [1.82, 2.24) is 5.32 Å². The summed E-state index contributed by atoms with van der Waals surface area (Å²) in [6.45, 7) is -0.251. The molecule has 7 heteroatoms. The summed E-state index contributed by atoms with van der Waals surface area (Å²) in [6, 6.07) is 7.62. The van der Waals surface area contributed by atoms with E-state index in [0.29, 0.717) is 22.7 Å². The van der Waals surface area contributed by atoms with Gasteiger partial charge in [0.05, 0.1) is 6.10 Å². The van der Waals surface area contributed by atoms with Crippen LogP contribution in [0, 0.1) is 11.6 Å². The van der Waals surface area contributed by atoms with Crippen molar-refractivity contribution in [2.45, 2.75) is 6.10 Å². The van der Waals surface area contributed by atoms with Crippen LogP contribution in [0.25, 0.3) is 0 Å². The van der Waals surface area contributed by atoms with Crippen molar-refractivity contribution in [3.05, 3.63) is 64.2 Å². The molecular formula is C15H12ClF2NO3. The zero-order chi connectivity index (χ0) is 16.3. The first-order chi connectivity index (χ1) is 10.4. The number of benzene rings is 2. The van der Waals surface area contributed by atoms with Crippen LogP contribution in [0.2, 0.25) is 5.02 Å². The highest BCUT2D eigenvalue weighted by molar-refractivity contribution is 6.31. The Balaban J connectivity index is 2.09. The number of hydrogen-bond acceptors (Lipinski definition) is 3. The zero-order valence-corrected chi connectivity index (χ0v) is 11.9. The van der Waals surface area contributed by atoms with E-state index in [2.05, 4.69) is 5.32 Å². The lowest BCUT2D eigenvalue weighted by Crippen LogP contribution is -2.29. The molecule has 2 aromatic carbocycles. The van der Waals surface area contributed by atoms with Gasteiger partial charge in [-0.2, -0.15) is 0 Å². The number of aliphatic hydroxyl groups is 1. The second-order valence-corrected chi connectivity index (χ2v) is 4.94. The quantitative estimate of drug-likeness (QED) is 0.808. The van der Waals surface area contributed by atoms with E-state index in [0.717, 1.165) is 0 Å². The number of aliphatic hydroxyl groups excluding tert-OH is 1. The van der Waals surface area contributed by atoms with E-state index in [9.17, 15) is 23.8 Å². The van der Waals surface area contributed by atoms with E-state index < -0.39 is 35.0 Å². The van der Waals surface area contributed by atoms with Crippen molar-refractivity contribution < 1.29 is 23.8 Å². The summed E-state index contributed by atoms with van der Waals surface area (Å²) in [5, 5.41) is 22.0. The molecule has 116 valence electrons. The first-order valence-electron chi connectivity index (χ1n) is 6.29. The molecular weight excluding hydrogens is 316 g/mol. The molecule has 0 aliphatic carbocycles. The summed E-state index contributed by atoms with van der Waals surface area (Å²) in [7, 11) is 0. The third-order valence-electron chi connectivity index (χ3n) is 2.98. The van der Waals surface area contributed by atoms with Crippen molar-refractivity contribution in [3.8, 4) is 5.75 Å². The SMILES string of the molecule is O=C(NCC(O)c1ccccc1Cl)c1c(O)cc(F)cc1F. The van der Waals surface area contributed by atoms with E-state index >= 15 is 0 Å². The number of amides is 1. The molecule has 0 fully saturated rings. The van der Waals surface area contributed by atoms with E-state index in [4.69, 9.17) is 11.6 Å². The minimum Gasteiger partial charge on any atom is -0.507 e. The summed E-state index contributed by atoms with van der Waals surface area (Å²) >= 11 is 5.90. The molecule has 1 amide bonds. The lowest BCUT2D eigenvalue weighted by molar-refractivity contribution is 0.0909. The predicted octanol–water partition coefficient (Wildman–Crippen LogP) is 2.79. The normalized spacial score (nSPS) is 12.0. The van der Waals surface area contributed by atoms with Crippen LogP contribution in [-0.2, 0) is 0 Å². The van der Waals surface area contributed by atoms with Crippen LogP contribution in [-0.4, -0.2) is 22.7 Å². The van der Waals surface area contributed by atoms with Gasteiger partial charge in [-0.05, 0) is 6.07 Å². The summed E-state index contributed by atoms with van der Waals surface area (Å²) in [5.74, 6) is -3.98. The minimum absolute atomic E-state index is 0.251. The first kappa shape index (κ1) is 16.2. The number of nitrogens with one attached hydrogen (secondary N) is 1. The Morgan fingerprint density at radius 3 is 2.59 bits per heavy atom. The van der Waals surface area contributed by atoms with Gasteiger partial charge in [-0.1, -0.05) is 29.8 Å². The van der Waals surface area contributed by atoms with Crippen LogP contribution in [0.5, 0.6) is 5.75 Å². The van der Waals surface area contributed by atoms with Crippen LogP contribution in [0.3, 0.4) is 0 Å². The van der Waals surface area contributed by atoms with E-state index in [1.54, 1.807) is 24.3 Å². The average Bonchev–Trinajstić information content (AvgIpc) is 2.44. The van der Waals surface area contributed by atoms with Gasteiger partial charge in [0.15, 0.2) is 0 Å². The Labute approximate surface area is 130 Å². The number of hydrogen-bond donors (Lipinski definition) is 3. The first-order valence-corrected chi connectivity index (χ1v) is 6.66. The summed E-state index contributed by atoms with van der Waals surface area (Å²) < 4.78 is 26.4. The Morgan fingerprint density at radius 1 is 1.27 bits per heavy atom. The average molecular weight is 328 g/mol. The maximum atomic E-state index is 13.5. The molecule has 0 heterocycles. The molecule has 0 spiro atoms. The van der Waals surface area contributed by atoms with Gasteiger partial charge in [0.2, 0.25) is 0 Å². The molecule has 0 aliphatic rings. The fourth-order valence-corrected chi connectivity index (χ4v) is 2.18. The number of carbonyl (C=O) groups excluding carboxylic acids is 1. The third kappa shape index (κ3) is 3.52. The van der Waals surface area contributed by atoms with Gasteiger partial charge >= 0.3 is 0 Å². The molecule has 0 aliphatic heterocycles.